The monoisotopic (exact) mass is 506 g/mol. The van der Waals surface area contributed by atoms with Crippen LogP contribution in [0.3, 0.4) is 0 Å². The molecule has 0 spiro atoms. The van der Waals surface area contributed by atoms with Gasteiger partial charge in [0.2, 0.25) is 0 Å². The molecule has 210 valence electrons. The van der Waals surface area contributed by atoms with Crippen LogP contribution in [0, 0.1) is 45.3 Å². The maximum Gasteiger partial charge on any atom is 0.0686 e. The minimum absolute atomic E-state index is 0.0662. The number of hydrogen-bond acceptors (Lipinski definition) is 4. The fourth-order valence-electron chi connectivity index (χ4n) is 11.0. The van der Waals surface area contributed by atoms with Gasteiger partial charge in [0.15, 0.2) is 0 Å². The van der Waals surface area contributed by atoms with Crippen LogP contribution >= 0.6 is 0 Å². The van der Waals surface area contributed by atoms with E-state index >= 15 is 0 Å². The van der Waals surface area contributed by atoms with E-state index < -0.39 is 5.60 Å². The van der Waals surface area contributed by atoms with Gasteiger partial charge in [-0.1, -0.05) is 34.6 Å². The van der Waals surface area contributed by atoms with Gasteiger partial charge in [-0.2, -0.15) is 0 Å². The number of ether oxygens (including phenoxy) is 1. The second-order valence-electron chi connectivity index (χ2n) is 15.7. The van der Waals surface area contributed by atoms with Gasteiger partial charge in [0.1, 0.15) is 0 Å². The van der Waals surface area contributed by atoms with E-state index in [2.05, 4.69) is 48.5 Å². The van der Waals surface area contributed by atoms with E-state index in [4.69, 9.17) is 4.74 Å². The summed E-state index contributed by atoms with van der Waals surface area (Å²) in [6, 6.07) is 0. The summed E-state index contributed by atoms with van der Waals surface area (Å²) in [6.07, 6.45) is 9.62. The Morgan fingerprint density at radius 3 is 2.08 bits per heavy atom. The van der Waals surface area contributed by atoms with Gasteiger partial charge in [-0.25, -0.2) is 0 Å². The van der Waals surface area contributed by atoms with E-state index in [9.17, 15) is 15.3 Å². The molecule has 0 amide bonds. The highest BCUT2D eigenvalue weighted by atomic mass is 16.5. The van der Waals surface area contributed by atoms with Gasteiger partial charge < -0.3 is 20.1 Å². The maximum atomic E-state index is 12.0. The Labute approximate surface area is 222 Å². The van der Waals surface area contributed by atoms with E-state index in [0.29, 0.717) is 24.4 Å². The highest BCUT2D eigenvalue weighted by Gasteiger charge is 2.71. The Morgan fingerprint density at radius 1 is 0.833 bits per heavy atom. The molecule has 0 saturated heterocycles. The van der Waals surface area contributed by atoms with Crippen molar-refractivity contribution in [3.8, 4) is 0 Å². The van der Waals surface area contributed by atoms with Crippen molar-refractivity contribution in [3.63, 3.8) is 0 Å². The van der Waals surface area contributed by atoms with Crippen molar-refractivity contribution in [1.29, 1.82) is 0 Å². The molecular weight excluding hydrogens is 448 g/mol. The third-order valence-corrected chi connectivity index (χ3v) is 13.1. The standard InChI is InChI=1S/C32H58O4/c1-10-36-32(9,16-11-15-27(2,3)35)21-12-18-31(8)26(21)22(33)20-24-29(6)17-14-25(34)28(4,5)23(29)13-19-30(24,31)7/h21-26,33-35H,10-20H2,1-9H3/t21?,22-,23?,24?,25+,26?,29+,30-,31-,32-/m1/s1. The lowest BCUT2D eigenvalue weighted by Crippen LogP contribution is -2.66. The summed E-state index contributed by atoms with van der Waals surface area (Å²) in [7, 11) is 0. The quantitative estimate of drug-likeness (QED) is 0.358. The molecule has 4 heteroatoms. The SMILES string of the molecule is CCO[C@](C)(CCCC(C)(C)O)C1CC[C@]2(C)C1[C@H](O)CC1[C@@]3(C)CC[C@H](O)C(C)(C)C3CC[C@]12C. The summed E-state index contributed by atoms with van der Waals surface area (Å²) in [4.78, 5) is 0. The van der Waals surface area contributed by atoms with Crippen molar-refractivity contribution in [2.24, 2.45) is 45.3 Å². The third kappa shape index (κ3) is 4.23. The van der Waals surface area contributed by atoms with Crippen LogP contribution in [0.15, 0.2) is 0 Å². The predicted octanol–water partition coefficient (Wildman–Crippen LogP) is 6.74. The molecule has 4 aliphatic carbocycles. The van der Waals surface area contributed by atoms with E-state index in [-0.39, 0.29) is 45.4 Å². The fourth-order valence-corrected chi connectivity index (χ4v) is 11.0. The molecule has 4 rings (SSSR count). The minimum atomic E-state index is -0.655. The van der Waals surface area contributed by atoms with Crippen LogP contribution in [-0.2, 0) is 4.74 Å². The summed E-state index contributed by atoms with van der Waals surface area (Å²) in [6.45, 7) is 21.0. The summed E-state index contributed by atoms with van der Waals surface area (Å²) in [5.74, 6) is 1.58. The van der Waals surface area contributed by atoms with Crippen molar-refractivity contribution in [1.82, 2.24) is 0 Å². The van der Waals surface area contributed by atoms with Gasteiger partial charge >= 0.3 is 0 Å². The van der Waals surface area contributed by atoms with Gasteiger partial charge in [-0.15, -0.1) is 0 Å². The Morgan fingerprint density at radius 2 is 1.47 bits per heavy atom. The van der Waals surface area contributed by atoms with Crippen LogP contribution in [0.1, 0.15) is 127 Å². The number of rotatable bonds is 7. The van der Waals surface area contributed by atoms with Crippen molar-refractivity contribution >= 4 is 0 Å². The Hall–Kier alpha value is -0.160. The number of fused-ring (bicyclic) bond motifs is 5. The zero-order valence-corrected chi connectivity index (χ0v) is 25.0. The molecule has 4 unspecified atom stereocenters. The van der Waals surface area contributed by atoms with Gasteiger partial charge in [-0.3, -0.25) is 0 Å². The lowest BCUT2D eigenvalue weighted by Gasteiger charge is -2.70. The molecule has 4 aliphatic rings. The van der Waals surface area contributed by atoms with Crippen LogP contribution in [0.25, 0.3) is 0 Å². The number of aliphatic hydroxyl groups excluding tert-OH is 2. The molecule has 0 radical (unpaired) electrons. The van der Waals surface area contributed by atoms with Crippen LogP contribution < -0.4 is 0 Å². The van der Waals surface area contributed by atoms with Crippen LogP contribution in [-0.4, -0.2) is 45.3 Å². The summed E-state index contributed by atoms with van der Waals surface area (Å²) in [5, 5.41) is 33.2. The molecule has 0 bridgehead atoms. The number of hydrogen-bond donors (Lipinski definition) is 3. The van der Waals surface area contributed by atoms with Crippen LogP contribution in [0.4, 0.5) is 0 Å². The smallest absolute Gasteiger partial charge is 0.0686 e. The van der Waals surface area contributed by atoms with E-state index in [1.54, 1.807) is 0 Å². The maximum absolute atomic E-state index is 12.0. The minimum Gasteiger partial charge on any atom is -0.393 e. The molecule has 4 saturated carbocycles. The average molecular weight is 507 g/mol. The second kappa shape index (κ2) is 9.20. The van der Waals surface area contributed by atoms with E-state index in [0.717, 1.165) is 51.4 Å². The summed E-state index contributed by atoms with van der Waals surface area (Å²) < 4.78 is 6.56. The molecule has 0 aromatic carbocycles. The van der Waals surface area contributed by atoms with Crippen molar-refractivity contribution < 1.29 is 20.1 Å². The first-order valence-corrected chi connectivity index (χ1v) is 15.2. The van der Waals surface area contributed by atoms with Crippen LogP contribution in [0.2, 0.25) is 0 Å². The molecule has 0 heterocycles. The first-order chi connectivity index (χ1) is 16.5. The Balaban J connectivity index is 1.66. The van der Waals surface area contributed by atoms with Gasteiger partial charge in [-0.05, 0) is 137 Å². The molecule has 0 aliphatic heterocycles. The lowest BCUT2D eigenvalue weighted by atomic mass is 9.35. The molecule has 3 N–H and O–H groups in total. The van der Waals surface area contributed by atoms with Crippen molar-refractivity contribution in [2.75, 3.05) is 6.61 Å². The molecule has 0 aromatic heterocycles. The first kappa shape index (κ1) is 28.8. The van der Waals surface area contributed by atoms with Crippen molar-refractivity contribution in [2.45, 2.75) is 150 Å². The second-order valence-corrected chi connectivity index (χ2v) is 15.7. The van der Waals surface area contributed by atoms with E-state index in [1.807, 2.05) is 13.8 Å². The van der Waals surface area contributed by atoms with Gasteiger partial charge in [0.05, 0.1) is 23.4 Å². The lowest BCUT2D eigenvalue weighted by molar-refractivity contribution is -0.248. The Kier molecular flexibility index (Phi) is 7.37. The summed E-state index contributed by atoms with van der Waals surface area (Å²) >= 11 is 0. The predicted molar refractivity (Wildman–Crippen MR) is 147 cm³/mol. The van der Waals surface area contributed by atoms with E-state index in [1.165, 1.54) is 12.8 Å². The number of aliphatic hydroxyl groups is 3. The normalized spacial score (nSPS) is 48.0. The van der Waals surface area contributed by atoms with Gasteiger partial charge in [0.25, 0.3) is 0 Å². The van der Waals surface area contributed by atoms with Crippen LogP contribution in [0.5, 0.6) is 0 Å². The molecular formula is C32H58O4. The largest absolute Gasteiger partial charge is 0.393 e. The molecule has 36 heavy (non-hydrogen) atoms. The molecule has 4 nitrogen and oxygen atoms in total. The average Bonchev–Trinajstić information content (AvgIpc) is 3.13. The first-order valence-electron chi connectivity index (χ1n) is 15.2. The molecule has 0 aromatic rings. The molecule has 4 fully saturated rings. The third-order valence-electron chi connectivity index (χ3n) is 13.1. The molecule has 10 atom stereocenters. The zero-order valence-electron chi connectivity index (χ0n) is 25.0. The fraction of sp³-hybridized carbons (Fsp3) is 1.00. The highest BCUT2D eigenvalue weighted by molar-refractivity contribution is 5.20. The topological polar surface area (TPSA) is 69.9 Å². The van der Waals surface area contributed by atoms with Crippen molar-refractivity contribution in [3.05, 3.63) is 0 Å². The highest BCUT2D eigenvalue weighted by Crippen LogP contribution is 2.75. The summed E-state index contributed by atoms with van der Waals surface area (Å²) in [5.41, 5.74) is -0.553. The Bertz CT molecular complexity index is 802. The van der Waals surface area contributed by atoms with Gasteiger partial charge in [0, 0.05) is 6.61 Å². The zero-order chi connectivity index (χ0) is 26.9.